The van der Waals surface area contributed by atoms with Gasteiger partial charge in [0.1, 0.15) is 11.4 Å². The lowest BCUT2D eigenvalue weighted by atomic mass is 10.2. The molecule has 2 aromatic heterocycles. The molecule has 0 amide bonds. The Balaban J connectivity index is 0. The van der Waals surface area contributed by atoms with Gasteiger partial charge in [-0.1, -0.05) is 50.7 Å². The smallest absolute Gasteiger partial charge is 0.354 e. The Morgan fingerprint density at radius 1 is 0.857 bits per heavy atom. The van der Waals surface area contributed by atoms with E-state index in [0.29, 0.717) is 35.7 Å². The number of ether oxygens (including phenoxy) is 2. The molecule has 2 aromatic rings. The Bertz CT molecular complexity index is 961. The van der Waals surface area contributed by atoms with Gasteiger partial charge in [-0.05, 0) is 32.9 Å². The van der Waals surface area contributed by atoms with E-state index in [2.05, 4.69) is 44.2 Å². The summed E-state index contributed by atoms with van der Waals surface area (Å²) in [7, 11) is 3.41. The Morgan fingerprint density at radius 3 is 1.49 bits per heavy atom. The van der Waals surface area contributed by atoms with Crippen LogP contribution < -0.4 is 0 Å². The maximum Gasteiger partial charge on any atom is 0.354 e. The van der Waals surface area contributed by atoms with Gasteiger partial charge in [-0.15, -0.1) is 0 Å². The van der Waals surface area contributed by atoms with Gasteiger partial charge in [-0.25, -0.2) is 9.59 Å². The Kier molecular flexibility index (Phi) is 21.0. The Hall–Kier alpha value is -0.850. The van der Waals surface area contributed by atoms with Crippen molar-refractivity contribution in [2.45, 2.75) is 25.1 Å². The molecule has 0 aliphatic carbocycles. The average Bonchev–Trinajstić information content (AvgIpc) is 3.38. The first-order valence-electron chi connectivity index (χ1n) is 9.72. The van der Waals surface area contributed by atoms with E-state index in [0.717, 1.165) is 0 Å². The second-order valence-corrected chi connectivity index (χ2v) is 8.79. The van der Waals surface area contributed by atoms with Crippen LogP contribution in [0.3, 0.4) is 0 Å². The molecule has 0 bridgehead atoms. The first-order valence-corrected chi connectivity index (χ1v) is 15.9. The molecule has 8 nitrogen and oxygen atoms in total. The monoisotopic (exact) mass is 744 g/mol. The number of aryl methyl sites for hydroxylation is 2. The first-order chi connectivity index (χ1) is 16.4. The van der Waals surface area contributed by atoms with Crippen molar-refractivity contribution >= 4 is 102 Å². The lowest BCUT2D eigenvalue weighted by Gasteiger charge is -2.01. The predicted molar refractivity (Wildman–Crippen MR) is 150 cm³/mol. The largest absolute Gasteiger partial charge is 0.461 e. The van der Waals surface area contributed by atoms with E-state index in [1.165, 1.54) is 6.92 Å². The van der Waals surface area contributed by atoms with Crippen molar-refractivity contribution in [3.63, 3.8) is 0 Å². The zero-order valence-corrected chi connectivity index (χ0v) is 26.6. The third-order valence-corrected chi connectivity index (χ3v) is 4.34. The molecule has 0 saturated carbocycles. The molecule has 0 aliphatic heterocycles. The third-order valence-electron chi connectivity index (χ3n) is 3.83. The standard InChI is InChI=1S/C10H12BrNO3.C10H13NO3.CHCl3.Br2/c1-3-15-10(14)8-4-7(6-12(8)2)9(13)5-11;1-4-14-10(13)9-5-8(7(2)12)6-11(9)3;2-1(3)4;1-2/h4,6H,3,5H2,1-2H3;5-6H,4H2,1-3H3;1H;. The van der Waals surface area contributed by atoms with Gasteiger partial charge in [0.05, 0.1) is 18.5 Å². The number of nitrogens with zero attached hydrogens (tertiary/aromatic N) is 2. The van der Waals surface area contributed by atoms with Crippen LogP contribution in [0.1, 0.15) is 62.5 Å². The summed E-state index contributed by atoms with van der Waals surface area (Å²) in [6.07, 6.45) is 3.24. The van der Waals surface area contributed by atoms with Gasteiger partial charge in [0.2, 0.25) is 0 Å². The lowest BCUT2D eigenvalue weighted by molar-refractivity contribution is 0.0505. The van der Waals surface area contributed by atoms with E-state index in [1.54, 1.807) is 61.6 Å². The van der Waals surface area contributed by atoms with Crippen molar-refractivity contribution in [1.82, 2.24) is 9.13 Å². The van der Waals surface area contributed by atoms with Crippen molar-refractivity contribution in [1.29, 1.82) is 0 Å². The van der Waals surface area contributed by atoms with Gasteiger partial charge in [-0.3, -0.25) is 9.59 Å². The van der Waals surface area contributed by atoms with Crippen LogP contribution in [-0.2, 0) is 23.6 Å². The number of halogens is 6. The molecule has 0 fully saturated rings. The Labute approximate surface area is 243 Å². The van der Waals surface area contributed by atoms with Gasteiger partial charge in [0.25, 0.3) is 0 Å². The fourth-order valence-electron chi connectivity index (χ4n) is 2.37. The fourth-order valence-corrected chi connectivity index (χ4v) is 2.69. The van der Waals surface area contributed by atoms with E-state index in [-0.39, 0.29) is 16.9 Å². The molecule has 198 valence electrons. The van der Waals surface area contributed by atoms with Gasteiger partial charge < -0.3 is 18.6 Å². The summed E-state index contributed by atoms with van der Waals surface area (Å²) in [5, 5.41) is 0.249. The second-order valence-electron chi connectivity index (χ2n) is 6.25. The maximum absolute atomic E-state index is 11.4. The number of alkyl halides is 4. The number of carbonyl (C=O) groups excluding carboxylic acids is 4. The number of rotatable bonds is 7. The first kappa shape index (κ1) is 36.3. The molecule has 2 heterocycles. The molecule has 14 heteroatoms. The molecule has 0 saturated heterocycles. The number of aromatic nitrogens is 2. The summed E-state index contributed by atoms with van der Waals surface area (Å²) in [4.78, 5) is 45.1. The number of hydrogen-bond donors (Lipinski definition) is 0. The van der Waals surface area contributed by atoms with Crippen molar-refractivity contribution in [2.24, 2.45) is 14.1 Å². The van der Waals surface area contributed by atoms with Crippen molar-refractivity contribution in [2.75, 3.05) is 18.5 Å². The molecule has 0 N–H and O–H groups in total. The van der Waals surface area contributed by atoms with Crippen LogP contribution in [0.25, 0.3) is 0 Å². The van der Waals surface area contributed by atoms with Crippen LogP contribution in [-0.4, -0.2) is 55.5 Å². The number of carbonyl (C=O) groups is 4. The lowest BCUT2D eigenvalue weighted by Crippen LogP contribution is -2.08. The highest BCUT2D eigenvalue weighted by atomic mass is 80.9. The van der Waals surface area contributed by atoms with Gasteiger partial charge in [0.15, 0.2) is 15.9 Å². The Morgan fingerprint density at radius 2 is 1.20 bits per heavy atom. The zero-order chi connectivity index (χ0) is 27.7. The van der Waals surface area contributed by atoms with Crippen LogP contribution in [0.15, 0.2) is 24.5 Å². The predicted octanol–water partition coefficient (Wildman–Crippen LogP) is 6.86. The van der Waals surface area contributed by atoms with Gasteiger partial charge >= 0.3 is 11.9 Å². The molecule has 0 radical (unpaired) electrons. The topological polar surface area (TPSA) is 96.6 Å². The summed E-state index contributed by atoms with van der Waals surface area (Å²) in [6, 6.07) is 3.09. The molecule has 2 rings (SSSR count). The van der Waals surface area contributed by atoms with E-state index < -0.39 is 16.2 Å². The molecule has 0 atom stereocenters. The SMILES string of the molecule is BrBr.CCOC(=O)c1cc(C(=O)CBr)cn1C.CCOC(=O)c1cc(C(C)=O)cn1C.ClC(Cl)Cl. The van der Waals surface area contributed by atoms with E-state index >= 15 is 0 Å². The summed E-state index contributed by atoms with van der Waals surface area (Å²) < 4.78 is 12.1. The summed E-state index contributed by atoms with van der Waals surface area (Å²) in [5.41, 5.74) is 1.83. The minimum Gasteiger partial charge on any atom is -0.461 e. The minimum absolute atomic E-state index is 0.0545. The molecule has 0 unspecified atom stereocenters. The van der Waals surface area contributed by atoms with Gasteiger partial charge in [0, 0.05) is 65.9 Å². The van der Waals surface area contributed by atoms with Crippen LogP contribution in [0.4, 0.5) is 0 Å². The molecule has 35 heavy (non-hydrogen) atoms. The summed E-state index contributed by atoms with van der Waals surface area (Å²) >= 11 is 23.0. The van der Waals surface area contributed by atoms with Crippen molar-refractivity contribution < 1.29 is 28.7 Å². The summed E-state index contributed by atoms with van der Waals surface area (Å²) in [6.45, 7) is 5.60. The van der Waals surface area contributed by atoms with Crippen LogP contribution in [0, 0.1) is 0 Å². The van der Waals surface area contributed by atoms with E-state index in [4.69, 9.17) is 44.3 Å². The quantitative estimate of drug-likeness (QED) is 0.175. The van der Waals surface area contributed by atoms with Crippen LogP contribution in [0.5, 0.6) is 0 Å². The second kappa shape index (κ2) is 20.2. The molecule has 0 aromatic carbocycles. The van der Waals surface area contributed by atoms with E-state index in [1.807, 2.05) is 0 Å². The maximum atomic E-state index is 11.4. The zero-order valence-electron chi connectivity index (χ0n) is 19.6. The third kappa shape index (κ3) is 14.5. The number of ketones is 2. The number of Topliss-reactive ketones (excluding diaryl/α,β-unsaturated/α-hetero) is 2. The highest BCUT2D eigenvalue weighted by Gasteiger charge is 2.16. The molecule has 0 spiro atoms. The average molecular weight is 749 g/mol. The fraction of sp³-hybridized carbons (Fsp3) is 0.429. The van der Waals surface area contributed by atoms with Crippen molar-refractivity contribution in [3.8, 4) is 0 Å². The minimum atomic E-state index is -0.750. The molecule has 0 aliphatic rings. The molecular weight excluding hydrogens is 722 g/mol. The normalized spacial score (nSPS) is 9.49. The summed E-state index contributed by atoms with van der Waals surface area (Å²) in [5.74, 6) is -0.923. The van der Waals surface area contributed by atoms with E-state index in [9.17, 15) is 19.2 Å². The highest BCUT2D eigenvalue weighted by Crippen LogP contribution is 2.11. The van der Waals surface area contributed by atoms with Gasteiger partial charge in [-0.2, -0.15) is 0 Å². The number of esters is 2. The molecular formula is C21H26Br3Cl3N2O6. The van der Waals surface area contributed by atoms with Crippen LogP contribution >= 0.6 is 79.0 Å². The van der Waals surface area contributed by atoms with Crippen LogP contribution in [0.2, 0.25) is 0 Å². The highest BCUT2D eigenvalue weighted by molar-refractivity contribution is 9.93. The number of hydrogen-bond acceptors (Lipinski definition) is 6. The van der Waals surface area contributed by atoms with Crippen molar-refractivity contribution in [3.05, 3.63) is 47.0 Å².